The number of carbonyl (C=O) groups is 2. The molecular formula is C41H57N5O2. The van der Waals surface area contributed by atoms with Crippen molar-refractivity contribution in [3.63, 3.8) is 0 Å². The van der Waals surface area contributed by atoms with Crippen molar-refractivity contribution >= 4 is 11.8 Å². The zero-order chi connectivity index (χ0) is 32.6. The molecule has 2 saturated heterocycles. The molecule has 0 radical (unpaired) electrons. The summed E-state index contributed by atoms with van der Waals surface area (Å²) in [6, 6.07) is 21.3. The highest BCUT2D eigenvalue weighted by atomic mass is 16.2. The van der Waals surface area contributed by atoms with Crippen molar-refractivity contribution < 1.29 is 9.59 Å². The Labute approximate surface area is 288 Å². The van der Waals surface area contributed by atoms with E-state index in [1.54, 1.807) is 22.3 Å². The van der Waals surface area contributed by atoms with E-state index in [1.807, 2.05) is 11.9 Å². The predicted octanol–water partition coefficient (Wildman–Crippen LogP) is 6.83. The number of likely N-dealkylation sites (N-methyl/N-ethyl adjacent to an activating group) is 1. The Bertz CT molecular complexity index is 1280. The fourth-order valence-corrected chi connectivity index (χ4v) is 10.9. The summed E-state index contributed by atoms with van der Waals surface area (Å²) in [5.74, 6) is 1.63. The van der Waals surface area contributed by atoms with Crippen LogP contribution in [0.5, 0.6) is 0 Å². The van der Waals surface area contributed by atoms with E-state index in [2.05, 4.69) is 69.0 Å². The lowest BCUT2D eigenvalue weighted by Gasteiger charge is -2.32. The second-order valence-corrected chi connectivity index (χ2v) is 16.3. The van der Waals surface area contributed by atoms with Gasteiger partial charge in [-0.25, -0.2) is 0 Å². The van der Waals surface area contributed by atoms with E-state index < -0.39 is 0 Å². The van der Waals surface area contributed by atoms with E-state index in [9.17, 15) is 9.59 Å². The van der Waals surface area contributed by atoms with Gasteiger partial charge in [-0.1, -0.05) is 48.5 Å². The van der Waals surface area contributed by atoms with Gasteiger partial charge >= 0.3 is 0 Å². The highest BCUT2D eigenvalue weighted by molar-refractivity contribution is 5.81. The molecule has 0 spiro atoms. The molecule has 2 amide bonds. The standard InChI is InChI=1S/C41H57N5O2/c1-44(26-40(47)42-30-14-10-28(11-15-30)22-24-45-36-18-19-37(45)33-7-3-2-6-32(33)36)27-41(48)43-31-16-12-29(13-17-31)23-25-46-38-20-21-39(46)35-9-5-4-8-34(35)38/h2-9,28-31,36-39H,10-27H2,1H3,(H,42,47)(H,43,48)/t28-,29-,30-,31-,36-,37+,38-,39+. The van der Waals surface area contributed by atoms with Gasteiger partial charge in [0.1, 0.15) is 0 Å². The van der Waals surface area contributed by atoms with Crippen LogP contribution in [0.1, 0.15) is 136 Å². The molecule has 8 rings (SSSR count). The van der Waals surface area contributed by atoms with Crippen molar-refractivity contribution in [2.45, 2.75) is 126 Å². The molecule has 0 aromatic heterocycles. The van der Waals surface area contributed by atoms with Crippen LogP contribution in [-0.2, 0) is 9.59 Å². The maximum absolute atomic E-state index is 12.9. The van der Waals surface area contributed by atoms with E-state index in [-0.39, 0.29) is 37.0 Å². The van der Waals surface area contributed by atoms with Gasteiger partial charge in [-0.2, -0.15) is 0 Å². The van der Waals surface area contributed by atoms with Crippen molar-refractivity contribution in [2.24, 2.45) is 11.8 Å². The number of rotatable bonds is 12. The van der Waals surface area contributed by atoms with Gasteiger partial charge in [0, 0.05) is 36.3 Å². The molecule has 4 atom stereocenters. The van der Waals surface area contributed by atoms with Crippen LogP contribution in [0.15, 0.2) is 48.5 Å². The molecule has 7 heteroatoms. The second-order valence-electron chi connectivity index (χ2n) is 16.3. The van der Waals surface area contributed by atoms with Crippen molar-refractivity contribution in [3.05, 3.63) is 70.8 Å². The third-order valence-electron chi connectivity index (χ3n) is 13.3. The van der Waals surface area contributed by atoms with Gasteiger partial charge in [-0.3, -0.25) is 24.3 Å². The zero-order valence-corrected chi connectivity index (χ0v) is 29.1. The van der Waals surface area contributed by atoms with E-state index in [0.717, 1.165) is 37.5 Å². The molecule has 2 N–H and O–H groups in total. The molecule has 2 aliphatic carbocycles. The van der Waals surface area contributed by atoms with Gasteiger partial charge in [0.15, 0.2) is 0 Å². The predicted molar refractivity (Wildman–Crippen MR) is 190 cm³/mol. The van der Waals surface area contributed by atoms with Crippen LogP contribution in [0, 0.1) is 11.8 Å². The molecular weight excluding hydrogens is 594 g/mol. The third-order valence-corrected chi connectivity index (χ3v) is 13.3. The van der Waals surface area contributed by atoms with Gasteiger partial charge in [0.2, 0.25) is 11.8 Å². The van der Waals surface area contributed by atoms with Crippen LogP contribution < -0.4 is 10.6 Å². The Hall–Kier alpha value is -2.74. The van der Waals surface area contributed by atoms with Crippen molar-refractivity contribution in [3.8, 4) is 0 Å². The molecule has 2 aromatic carbocycles. The van der Waals surface area contributed by atoms with E-state index in [0.29, 0.717) is 24.2 Å². The van der Waals surface area contributed by atoms with Crippen molar-refractivity contribution in [2.75, 3.05) is 33.2 Å². The molecule has 4 heterocycles. The van der Waals surface area contributed by atoms with Crippen molar-refractivity contribution in [1.29, 1.82) is 0 Å². The van der Waals surface area contributed by atoms with Crippen LogP contribution in [0.3, 0.4) is 0 Å². The molecule has 0 unspecified atom stereocenters. The maximum atomic E-state index is 12.9. The molecule has 7 nitrogen and oxygen atoms in total. The number of carbonyl (C=O) groups excluding carboxylic acids is 2. The van der Waals surface area contributed by atoms with Crippen LogP contribution in [0.4, 0.5) is 0 Å². The maximum Gasteiger partial charge on any atom is 0.234 e. The lowest BCUT2D eigenvalue weighted by molar-refractivity contribution is -0.125. The summed E-state index contributed by atoms with van der Waals surface area (Å²) in [6.45, 7) is 2.96. The zero-order valence-electron chi connectivity index (χ0n) is 29.1. The lowest BCUT2D eigenvalue weighted by atomic mass is 9.84. The van der Waals surface area contributed by atoms with E-state index >= 15 is 0 Å². The number of amides is 2. The summed E-state index contributed by atoms with van der Waals surface area (Å²) in [5, 5.41) is 6.57. The van der Waals surface area contributed by atoms with Gasteiger partial charge in [0.05, 0.1) is 13.1 Å². The Balaban J connectivity index is 0.685. The topological polar surface area (TPSA) is 67.9 Å². The minimum absolute atomic E-state index is 0.0511. The second kappa shape index (κ2) is 14.2. The molecule has 4 aliphatic heterocycles. The van der Waals surface area contributed by atoms with Crippen LogP contribution in [0.25, 0.3) is 0 Å². The summed E-state index contributed by atoms with van der Waals surface area (Å²) >= 11 is 0. The quantitative estimate of drug-likeness (QED) is 0.263. The Morgan fingerprint density at radius 3 is 1.23 bits per heavy atom. The monoisotopic (exact) mass is 651 g/mol. The first-order chi connectivity index (χ1) is 23.5. The van der Waals surface area contributed by atoms with E-state index in [1.165, 1.54) is 77.3 Å². The molecule has 2 saturated carbocycles. The van der Waals surface area contributed by atoms with Gasteiger partial charge in [0.25, 0.3) is 0 Å². The number of fused-ring (bicyclic) bond motifs is 10. The first kappa shape index (κ1) is 32.5. The summed E-state index contributed by atoms with van der Waals surface area (Å²) in [7, 11) is 1.89. The van der Waals surface area contributed by atoms with Gasteiger partial charge < -0.3 is 10.6 Å². The molecule has 48 heavy (non-hydrogen) atoms. The Kier molecular flexibility index (Phi) is 9.63. The number of hydrogen-bond acceptors (Lipinski definition) is 5. The molecule has 2 aromatic rings. The minimum atomic E-state index is 0.0511. The first-order valence-corrected chi connectivity index (χ1v) is 19.5. The summed E-state index contributed by atoms with van der Waals surface area (Å²) in [6.07, 6.45) is 16.9. The minimum Gasteiger partial charge on any atom is -0.352 e. The SMILES string of the molecule is CN(CC(=O)N[C@H]1CC[C@H](CCN2[C@@H]3CC[C@H]2c2ccccc23)CC1)CC(=O)N[C@H]1CC[C@H](CCN2[C@@H]3CC[C@H]2c2ccccc23)CC1. The summed E-state index contributed by atoms with van der Waals surface area (Å²) in [5.41, 5.74) is 6.30. The number of nitrogens with zero attached hydrogens (tertiary/aromatic N) is 3. The highest BCUT2D eigenvalue weighted by Crippen LogP contribution is 2.54. The number of nitrogens with one attached hydrogen (secondary N) is 2. The lowest BCUT2D eigenvalue weighted by Crippen LogP contribution is -2.46. The smallest absolute Gasteiger partial charge is 0.234 e. The van der Waals surface area contributed by atoms with E-state index in [4.69, 9.17) is 0 Å². The van der Waals surface area contributed by atoms with Crippen LogP contribution in [0.2, 0.25) is 0 Å². The largest absolute Gasteiger partial charge is 0.352 e. The normalized spacial score (nSPS) is 32.4. The molecule has 258 valence electrons. The first-order valence-electron chi connectivity index (χ1n) is 19.5. The van der Waals surface area contributed by atoms with Gasteiger partial charge in [-0.05, 0) is 144 Å². The Morgan fingerprint density at radius 2 is 0.896 bits per heavy atom. The van der Waals surface area contributed by atoms with Crippen LogP contribution >= 0.6 is 0 Å². The Morgan fingerprint density at radius 1 is 0.562 bits per heavy atom. The van der Waals surface area contributed by atoms with Crippen LogP contribution in [-0.4, -0.2) is 71.8 Å². The molecule has 6 aliphatic rings. The summed E-state index contributed by atoms with van der Waals surface area (Å²) in [4.78, 5) is 33.1. The van der Waals surface area contributed by atoms with Gasteiger partial charge in [-0.15, -0.1) is 0 Å². The molecule has 4 fully saturated rings. The average Bonchev–Trinajstić information content (AvgIpc) is 3.86. The highest BCUT2D eigenvalue weighted by Gasteiger charge is 2.44. The fourth-order valence-electron chi connectivity index (χ4n) is 10.9. The number of benzene rings is 2. The third kappa shape index (κ3) is 6.72. The fraction of sp³-hybridized carbons (Fsp3) is 0.659. The summed E-state index contributed by atoms with van der Waals surface area (Å²) < 4.78 is 0. The molecule has 4 bridgehead atoms. The number of hydrogen-bond donors (Lipinski definition) is 2. The van der Waals surface area contributed by atoms with Crippen molar-refractivity contribution in [1.82, 2.24) is 25.3 Å². The average molecular weight is 652 g/mol.